The van der Waals surface area contributed by atoms with Crippen LogP contribution in [0.5, 0.6) is 0 Å². The van der Waals surface area contributed by atoms with Crippen LogP contribution in [0, 0.1) is 5.92 Å². The number of nitrogens with zero attached hydrogens (tertiary/aromatic N) is 1. The molecule has 0 aromatic carbocycles. The summed E-state index contributed by atoms with van der Waals surface area (Å²) in [5.41, 5.74) is 0. The third-order valence-corrected chi connectivity index (χ3v) is 4.64. The van der Waals surface area contributed by atoms with E-state index in [4.69, 9.17) is 4.74 Å². The molecular formula is C15H27NO3. The number of carbonyl (C=O) groups is 1. The van der Waals surface area contributed by atoms with Crippen molar-refractivity contribution in [2.24, 2.45) is 5.92 Å². The zero-order valence-electron chi connectivity index (χ0n) is 12.0. The van der Waals surface area contributed by atoms with E-state index < -0.39 is 5.97 Å². The molecule has 1 N–H and O–H groups in total. The lowest BCUT2D eigenvalue weighted by Gasteiger charge is -2.34. The molecule has 2 aliphatic rings. The first-order chi connectivity index (χ1) is 9.18. The van der Waals surface area contributed by atoms with Gasteiger partial charge in [0.25, 0.3) is 0 Å². The van der Waals surface area contributed by atoms with Gasteiger partial charge in [-0.15, -0.1) is 0 Å². The first kappa shape index (κ1) is 14.8. The van der Waals surface area contributed by atoms with Crippen molar-refractivity contribution in [2.45, 2.75) is 64.0 Å². The molecule has 1 saturated heterocycles. The molecule has 2 rings (SSSR count). The summed E-state index contributed by atoms with van der Waals surface area (Å²) in [5, 5.41) is 9.22. The Labute approximate surface area is 116 Å². The summed E-state index contributed by atoms with van der Waals surface area (Å²) < 4.78 is 5.99. The van der Waals surface area contributed by atoms with Gasteiger partial charge in [0, 0.05) is 6.54 Å². The Hall–Kier alpha value is -0.610. The molecular weight excluding hydrogens is 242 g/mol. The largest absolute Gasteiger partial charge is 0.480 e. The van der Waals surface area contributed by atoms with Gasteiger partial charge in [0.15, 0.2) is 0 Å². The Balaban J connectivity index is 1.73. The second-order valence-electron chi connectivity index (χ2n) is 6.06. The Morgan fingerprint density at radius 2 is 1.95 bits per heavy atom. The topological polar surface area (TPSA) is 49.8 Å². The fourth-order valence-corrected chi connectivity index (χ4v) is 3.39. The third-order valence-electron chi connectivity index (χ3n) is 4.64. The molecule has 0 aromatic heterocycles. The molecule has 0 bridgehead atoms. The van der Waals surface area contributed by atoms with Crippen molar-refractivity contribution in [3.8, 4) is 0 Å². The third kappa shape index (κ3) is 4.18. The Kier molecular flexibility index (Phi) is 5.64. The first-order valence-electron chi connectivity index (χ1n) is 7.77. The molecule has 0 amide bonds. The van der Waals surface area contributed by atoms with Crippen LogP contribution in [-0.4, -0.2) is 47.8 Å². The molecule has 1 saturated carbocycles. The highest BCUT2D eigenvalue weighted by Crippen LogP contribution is 2.26. The minimum absolute atomic E-state index is 0.291. The average molecular weight is 269 g/mol. The smallest absolute Gasteiger partial charge is 0.320 e. The zero-order valence-corrected chi connectivity index (χ0v) is 12.0. The van der Waals surface area contributed by atoms with Gasteiger partial charge in [0.05, 0.1) is 12.7 Å². The molecule has 0 spiro atoms. The molecule has 0 radical (unpaired) electrons. The van der Waals surface area contributed by atoms with Crippen molar-refractivity contribution < 1.29 is 14.6 Å². The lowest BCUT2D eigenvalue weighted by molar-refractivity contribution is -0.145. The minimum Gasteiger partial charge on any atom is -0.480 e. The second-order valence-corrected chi connectivity index (χ2v) is 6.06. The molecule has 1 aliphatic heterocycles. The van der Waals surface area contributed by atoms with Crippen LogP contribution in [0.1, 0.15) is 51.9 Å². The Bertz CT molecular complexity index is 295. The van der Waals surface area contributed by atoms with Crippen molar-refractivity contribution >= 4 is 5.97 Å². The van der Waals surface area contributed by atoms with Crippen LogP contribution in [0.4, 0.5) is 0 Å². The fourth-order valence-electron chi connectivity index (χ4n) is 3.39. The van der Waals surface area contributed by atoms with E-state index in [0.717, 1.165) is 32.4 Å². The van der Waals surface area contributed by atoms with Crippen molar-refractivity contribution in [3.63, 3.8) is 0 Å². The van der Waals surface area contributed by atoms with Crippen LogP contribution in [0.25, 0.3) is 0 Å². The number of aliphatic carboxylic acids is 1. The predicted molar refractivity (Wildman–Crippen MR) is 74.2 cm³/mol. The lowest BCUT2D eigenvalue weighted by Crippen LogP contribution is -2.46. The van der Waals surface area contributed by atoms with Crippen LogP contribution in [-0.2, 0) is 9.53 Å². The molecule has 4 heteroatoms. The summed E-state index contributed by atoms with van der Waals surface area (Å²) in [4.78, 5) is 13.3. The molecule has 2 fully saturated rings. The molecule has 3 atom stereocenters. The quantitative estimate of drug-likeness (QED) is 0.833. The van der Waals surface area contributed by atoms with Gasteiger partial charge in [-0.1, -0.05) is 26.2 Å². The summed E-state index contributed by atoms with van der Waals surface area (Å²) in [7, 11) is 0. The van der Waals surface area contributed by atoms with Crippen LogP contribution in [0.2, 0.25) is 0 Å². The number of hydrogen-bond donors (Lipinski definition) is 1. The lowest BCUT2D eigenvalue weighted by atomic mass is 9.88. The van der Waals surface area contributed by atoms with Gasteiger partial charge < -0.3 is 9.84 Å². The maximum Gasteiger partial charge on any atom is 0.320 e. The second kappa shape index (κ2) is 7.25. The van der Waals surface area contributed by atoms with Crippen LogP contribution >= 0.6 is 0 Å². The number of likely N-dealkylation sites (tertiary alicyclic amines) is 1. The van der Waals surface area contributed by atoms with Gasteiger partial charge in [0.2, 0.25) is 0 Å². The van der Waals surface area contributed by atoms with E-state index in [0.29, 0.717) is 18.6 Å². The minimum atomic E-state index is -0.675. The number of hydrogen-bond acceptors (Lipinski definition) is 3. The zero-order chi connectivity index (χ0) is 13.7. The van der Waals surface area contributed by atoms with Gasteiger partial charge in [-0.2, -0.15) is 0 Å². The van der Waals surface area contributed by atoms with Gasteiger partial charge in [0.1, 0.15) is 6.04 Å². The standard InChI is InChI=1S/C15H27NO3/c1-12-6-2-3-8-14(12)19-11-10-16-9-5-4-7-13(16)15(17)18/h12-14H,2-11H2,1H3,(H,17,18). The normalized spacial score (nSPS) is 33.2. The number of piperidine rings is 1. The van der Waals surface area contributed by atoms with E-state index in [-0.39, 0.29) is 6.04 Å². The van der Waals surface area contributed by atoms with Crippen LogP contribution < -0.4 is 0 Å². The van der Waals surface area contributed by atoms with E-state index in [1.807, 2.05) is 0 Å². The van der Waals surface area contributed by atoms with E-state index in [2.05, 4.69) is 11.8 Å². The Morgan fingerprint density at radius 1 is 1.21 bits per heavy atom. The van der Waals surface area contributed by atoms with Gasteiger partial charge >= 0.3 is 5.97 Å². The highest BCUT2D eigenvalue weighted by molar-refractivity contribution is 5.73. The number of carboxylic acids is 1. The van der Waals surface area contributed by atoms with Crippen molar-refractivity contribution in [2.75, 3.05) is 19.7 Å². The van der Waals surface area contributed by atoms with Crippen molar-refractivity contribution in [1.82, 2.24) is 4.90 Å². The number of rotatable bonds is 5. The number of ether oxygens (including phenoxy) is 1. The summed E-state index contributed by atoms with van der Waals surface area (Å²) in [6.45, 7) is 4.62. The molecule has 1 aliphatic carbocycles. The maximum absolute atomic E-state index is 11.2. The number of carboxylic acid groups (broad SMARTS) is 1. The molecule has 0 aromatic rings. The molecule has 4 nitrogen and oxygen atoms in total. The highest BCUT2D eigenvalue weighted by Gasteiger charge is 2.28. The Morgan fingerprint density at radius 3 is 2.68 bits per heavy atom. The van der Waals surface area contributed by atoms with Gasteiger partial charge in [-0.25, -0.2) is 0 Å². The SMILES string of the molecule is CC1CCCCC1OCCN1CCCCC1C(=O)O. The summed E-state index contributed by atoms with van der Waals surface area (Å²) in [5.74, 6) is -0.0175. The van der Waals surface area contributed by atoms with E-state index in [9.17, 15) is 9.90 Å². The average Bonchev–Trinajstić information content (AvgIpc) is 2.41. The van der Waals surface area contributed by atoms with Crippen LogP contribution in [0.15, 0.2) is 0 Å². The highest BCUT2D eigenvalue weighted by atomic mass is 16.5. The monoisotopic (exact) mass is 269 g/mol. The molecule has 110 valence electrons. The van der Waals surface area contributed by atoms with E-state index >= 15 is 0 Å². The van der Waals surface area contributed by atoms with Crippen molar-refractivity contribution in [3.05, 3.63) is 0 Å². The van der Waals surface area contributed by atoms with Crippen LogP contribution in [0.3, 0.4) is 0 Å². The first-order valence-corrected chi connectivity index (χ1v) is 7.77. The summed E-state index contributed by atoms with van der Waals surface area (Å²) in [6.07, 6.45) is 8.37. The van der Waals surface area contributed by atoms with Gasteiger partial charge in [-0.3, -0.25) is 9.69 Å². The summed E-state index contributed by atoms with van der Waals surface area (Å²) >= 11 is 0. The molecule has 19 heavy (non-hydrogen) atoms. The fraction of sp³-hybridized carbons (Fsp3) is 0.933. The van der Waals surface area contributed by atoms with Gasteiger partial charge in [-0.05, 0) is 38.1 Å². The van der Waals surface area contributed by atoms with Crippen molar-refractivity contribution in [1.29, 1.82) is 0 Å². The van der Waals surface area contributed by atoms with E-state index in [1.165, 1.54) is 25.7 Å². The molecule has 3 unspecified atom stereocenters. The molecule has 1 heterocycles. The maximum atomic E-state index is 11.2. The van der Waals surface area contributed by atoms with E-state index in [1.54, 1.807) is 0 Å². The summed E-state index contributed by atoms with van der Waals surface area (Å²) in [6, 6.07) is -0.291. The predicted octanol–water partition coefficient (Wildman–Crippen LogP) is 2.52.